The van der Waals surface area contributed by atoms with Gasteiger partial charge in [-0.05, 0) is 50.6 Å². The molecule has 4 rings (SSSR count). The summed E-state index contributed by atoms with van der Waals surface area (Å²) in [5.41, 5.74) is 2.82. The minimum Gasteiger partial charge on any atom is -0.354 e. The van der Waals surface area contributed by atoms with Crippen LogP contribution in [-0.2, 0) is 16.6 Å². The molecule has 0 spiro atoms. The third-order valence-electron chi connectivity index (χ3n) is 6.63. The van der Waals surface area contributed by atoms with Gasteiger partial charge in [0.05, 0.1) is 16.3 Å². The van der Waals surface area contributed by atoms with Crippen LogP contribution in [0.1, 0.15) is 31.5 Å². The monoisotopic (exact) mass is 495 g/mol. The molecule has 0 N–H and O–H groups in total. The second kappa shape index (κ2) is 10.9. The summed E-state index contributed by atoms with van der Waals surface area (Å²) >= 11 is 0. The fourth-order valence-corrected chi connectivity index (χ4v) is 5.87. The highest BCUT2D eigenvalue weighted by atomic mass is 32.2. The van der Waals surface area contributed by atoms with Gasteiger partial charge in [0.15, 0.2) is 0 Å². The first-order valence-corrected chi connectivity index (χ1v) is 13.8. The molecule has 1 aliphatic heterocycles. The van der Waals surface area contributed by atoms with E-state index >= 15 is 0 Å². The van der Waals surface area contributed by atoms with Crippen LogP contribution < -0.4 is 4.90 Å². The number of hydrogen-bond acceptors (Lipinski definition) is 5. The summed E-state index contributed by atoms with van der Waals surface area (Å²) < 4.78 is 31.1. The van der Waals surface area contributed by atoms with E-state index in [1.807, 2.05) is 48.0 Å². The van der Waals surface area contributed by atoms with Crippen molar-refractivity contribution in [1.82, 2.24) is 19.0 Å². The lowest BCUT2D eigenvalue weighted by Gasteiger charge is -2.35. The van der Waals surface area contributed by atoms with Crippen molar-refractivity contribution in [3.05, 3.63) is 71.9 Å². The zero-order valence-electron chi connectivity index (χ0n) is 21.3. The summed E-state index contributed by atoms with van der Waals surface area (Å²) in [5, 5.41) is 4.92. The second-order valence-electron chi connectivity index (χ2n) is 9.76. The largest absolute Gasteiger partial charge is 0.354 e. The Morgan fingerprint density at radius 1 is 0.943 bits per heavy atom. The summed E-state index contributed by atoms with van der Waals surface area (Å²) in [7, 11) is -1.52. The van der Waals surface area contributed by atoms with E-state index in [9.17, 15) is 8.42 Å². The Kier molecular flexibility index (Phi) is 7.94. The van der Waals surface area contributed by atoms with Crippen molar-refractivity contribution >= 4 is 15.8 Å². The zero-order chi connectivity index (χ0) is 25.0. The topological polar surface area (TPSA) is 61.7 Å². The SMILES string of the molecule is Cc1nn(-c2ccccc2)c(N2CCN(C)CC2)c1CN(CCC(C)C)S(=O)(=O)c1ccccc1. The fraction of sp³-hybridized carbons (Fsp3) is 0.444. The summed E-state index contributed by atoms with van der Waals surface area (Å²) in [6.45, 7) is 10.7. The Hall–Kier alpha value is -2.68. The minimum absolute atomic E-state index is 0.296. The molecule has 0 bridgehead atoms. The molecule has 1 saturated heterocycles. The molecule has 188 valence electrons. The number of anilines is 1. The van der Waals surface area contributed by atoms with Crippen molar-refractivity contribution in [3.63, 3.8) is 0 Å². The number of piperazine rings is 1. The fourth-order valence-electron chi connectivity index (χ4n) is 4.43. The number of nitrogens with zero attached hydrogens (tertiary/aromatic N) is 5. The molecule has 0 radical (unpaired) electrons. The Bertz CT molecular complexity index is 1200. The first-order chi connectivity index (χ1) is 16.8. The normalized spacial score (nSPS) is 15.3. The Morgan fingerprint density at radius 2 is 1.54 bits per heavy atom. The zero-order valence-corrected chi connectivity index (χ0v) is 22.1. The molecule has 0 unspecified atom stereocenters. The number of aromatic nitrogens is 2. The molecule has 3 aromatic rings. The highest BCUT2D eigenvalue weighted by Gasteiger charge is 2.30. The van der Waals surface area contributed by atoms with E-state index in [0.717, 1.165) is 55.4 Å². The van der Waals surface area contributed by atoms with Crippen LogP contribution in [0.25, 0.3) is 5.69 Å². The van der Waals surface area contributed by atoms with E-state index in [4.69, 9.17) is 5.10 Å². The van der Waals surface area contributed by atoms with Gasteiger partial charge in [-0.25, -0.2) is 13.1 Å². The first kappa shape index (κ1) is 25.4. The molecule has 1 aromatic heterocycles. The van der Waals surface area contributed by atoms with Crippen molar-refractivity contribution in [3.8, 4) is 5.69 Å². The summed E-state index contributed by atoms with van der Waals surface area (Å²) in [6.07, 6.45) is 0.793. The molecule has 0 atom stereocenters. The van der Waals surface area contributed by atoms with Gasteiger partial charge in [0.1, 0.15) is 5.82 Å². The van der Waals surface area contributed by atoms with Gasteiger partial charge in [-0.2, -0.15) is 9.40 Å². The molecule has 1 fully saturated rings. The van der Waals surface area contributed by atoms with Crippen LogP contribution >= 0.6 is 0 Å². The van der Waals surface area contributed by atoms with Crippen molar-refractivity contribution < 1.29 is 8.42 Å². The number of aryl methyl sites for hydroxylation is 1. The van der Waals surface area contributed by atoms with Crippen LogP contribution in [0.15, 0.2) is 65.6 Å². The number of hydrogen-bond donors (Lipinski definition) is 0. The van der Waals surface area contributed by atoms with Crippen LogP contribution in [0.4, 0.5) is 5.82 Å². The molecule has 8 heteroatoms. The minimum atomic E-state index is -3.65. The average Bonchev–Trinajstić information content (AvgIpc) is 3.18. The maximum Gasteiger partial charge on any atom is 0.243 e. The first-order valence-electron chi connectivity index (χ1n) is 12.4. The molecule has 1 aliphatic rings. The number of likely N-dealkylation sites (N-methyl/N-ethyl adjacent to an activating group) is 1. The van der Waals surface area contributed by atoms with Gasteiger partial charge in [0.2, 0.25) is 10.0 Å². The summed E-state index contributed by atoms with van der Waals surface area (Å²) in [5.74, 6) is 1.40. The van der Waals surface area contributed by atoms with E-state index < -0.39 is 10.0 Å². The van der Waals surface area contributed by atoms with Gasteiger partial charge in [-0.15, -0.1) is 0 Å². The summed E-state index contributed by atoms with van der Waals surface area (Å²) in [6, 6.07) is 18.9. The maximum atomic E-state index is 13.7. The van der Waals surface area contributed by atoms with Crippen molar-refractivity contribution in [2.24, 2.45) is 5.92 Å². The highest BCUT2D eigenvalue weighted by molar-refractivity contribution is 7.89. The van der Waals surface area contributed by atoms with Gasteiger partial charge in [0.25, 0.3) is 0 Å². The van der Waals surface area contributed by atoms with Gasteiger partial charge in [0, 0.05) is 44.8 Å². The van der Waals surface area contributed by atoms with E-state index in [-0.39, 0.29) is 0 Å². The molecule has 2 aromatic carbocycles. The highest BCUT2D eigenvalue weighted by Crippen LogP contribution is 2.31. The number of benzene rings is 2. The molecular formula is C27H37N5O2S. The average molecular weight is 496 g/mol. The number of sulfonamides is 1. The molecule has 2 heterocycles. The number of para-hydroxylation sites is 1. The van der Waals surface area contributed by atoms with Crippen LogP contribution in [0.2, 0.25) is 0 Å². The molecule has 0 aliphatic carbocycles. The third-order valence-corrected chi connectivity index (χ3v) is 8.49. The molecule has 0 amide bonds. The quantitative estimate of drug-likeness (QED) is 0.446. The van der Waals surface area contributed by atoms with Gasteiger partial charge in [-0.1, -0.05) is 50.2 Å². The molecule has 35 heavy (non-hydrogen) atoms. The van der Waals surface area contributed by atoms with E-state index in [0.29, 0.717) is 23.9 Å². The predicted octanol–water partition coefficient (Wildman–Crippen LogP) is 4.17. The van der Waals surface area contributed by atoms with E-state index in [1.54, 1.807) is 28.6 Å². The van der Waals surface area contributed by atoms with E-state index in [1.165, 1.54) is 0 Å². The van der Waals surface area contributed by atoms with Crippen LogP contribution in [0, 0.1) is 12.8 Å². The summed E-state index contributed by atoms with van der Waals surface area (Å²) in [4.78, 5) is 5.01. The van der Waals surface area contributed by atoms with Gasteiger partial charge >= 0.3 is 0 Å². The second-order valence-corrected chi connectivity index (χ2v) is 11.7. The van der Waals surface area contributed by atoms with Crippen molar-refractivity contribution in [2.75, 3.05) is 44.7 Å². The third kappa shape index (κ3) is 5.77. The van der Waals surface area contributed by atoms with Crippen molar-refractivity contribution in [1.29, 1.82) is 0 Å². The Balaban J connectivity index is 1.78. The smallest absolute Gasteiger partial charge is 0.243 e. The van der Waals surface area contributed by atoms with Gasteiger partial charge in [-0.3, -0.25) is 0 Å². The lowest BCUT2D eigenvalue weighted by Crippen LogP contribution is -2.45. The Labute approximate surface area is 210 Å². The lowest BCUT2D eigenvalue weighted by atomic mass is 10.1. The number of rotatable bonds is 9. The molecule has 7 nitrogen and oxygen atoms in total. The van der Waals surface area contributed by atoms with Crippen LogP contribution in [0.5, 0.6) is 0 Å². The van der Waals surface area contributed by atoms with Crippen LogP contribution in [-0.4, -0.2) is 67.2 Å². The predicted molar refractivity (Wildman–Crippen MR) is 142 cm³/mol. The lowest BCUT2D eigenvalue weighted by molar-refractivity contribution is 0.310. The maximum absolute atomic E-state index is 13.7. The Morgan fingerprint density at radius 3 is 2.14 bits per heavy atom. The molecular weight excluding hydrogens is 458 g/mol. The van der Waals surface area contributed by atoms with Crippen LogP contribution in [0.3, 0.4) is 0 Å². The van der Waals surface area contributed by atoms with Gasteiger partial charge < -0.3 is 9.80 Å². The standard InChI is InChI=1S/C27H37N5O2S/c1-22(2)15-16-31(35(33,34)25-13-9-6-10-14-25)21-26-23(3)28-32(24-11-7-5-8-12-24)27(26)30-19-17-29(4)18-20-30/h5-14,22H,15-21H2,1-4H3. The van der Waals surface area contributed by atoms with E-state index in [2.05, 4.69) is 30.7 Å². The molecule has 0 saturated carbocycles. The van der Waals surface area contributed by atoms with Crippen molar-refractivity contribution in [2.45, 2.75) is 38.6 Å².